The topological polar surface area (TPSA) is 58.8 Å². The van der Waals surface area contributed by atoms with Gasteiger partial charge in [0.15, 0.2) is 0 Å². The highest BCUT2D eigenvalue weighted by Gasteiger charge is 2.24. The number of amides is 1. The monoisotopic (exact) mass is 289 g/mol. The molecule has 0 aromatic heterocycles. The van der Waals surface area contributed by atoms with Crippen molar-refractivity contribution in [2.75, 3.05) is 39.4 Å². The van der Waals surface area contributed by atoms with Crippen LogP contribution in [-0.4, -0.2) is 61.1 Å². The molecule has 0 unspecified atom stereocenters. The molecule has 1 atom stereocenters. The molecule has 2 aliphatic heterocycles. The van der Waals surface area contributed by atoms with Gasteiger partial charge in [0.2, 0.25) is 0 Å². The Balaban J connectivity index is 1.66. The Labute approximate surface area is 125 Å². The van der Waals surface area contributed by atoms with E-state index in [0.29, 0.717) is 6.54 Å². The molecule has 21 heavy (non-hydrogen) atoms. The molecule has 1 aromatic carbocycles. The van der Waals surface area contributed by atoms with Crippen LogP contribution in [0, 0.1) is 0 Å². The molecule has 2 saturated heterocycles. The maximum Gasteiger partial charge on any atom is 0.253 e. The Morgan fingerprint density at radius 2 is 2.10 bits per heavy atom. The lowest BCUT2D eigenvalue weighted by atomic mass is 10.1. The average molecular weight is 289 g/mol. The molecular weight excluding hydrogens is 266 g/mol. The summed E-state index contributed by atoms with van der Waals surface area (Å²) >= 11 is 0. The third-order valence-corrected chi connectivity index (χ3v) is 4.20. The van der Waals surface area contributed by atoms with Gasteiger partial charge >= 0.3 is 0 Å². The molecule has 2 fully saturated rings. The van der Waals surface area contributed by atoms with E-state index < -0.39 is 0 Å². The Hall–Kier alpha value is -1.43. The molecule has 0 aliphatic carbocycles. The second-order valence-corrected chi connectivity index (χ2v) is 5.89. The van der Waals surface area contributed by atoms with Crippen LogP contribution < -0.4 is 5.73 Å². The van der Waals surface area contributed by atoms with E-state index >= 15 is 0 Å². The number of likely N-dealkylation sites (tertiary alicyclic amines) is 1. The summed E-state index contributed by atoms with van der Waals surface area (Å²) in [7, 11) is 0. The Morgan fingerprint density at radius 1 is 1.29 bits per heavy atom. The van der Waals surface area contributed by atoms with Gasteiger partial charge in [-0.3, -0.25) is 9.69 Å². The number of carbonyl (C=O) groups is 1. The van der Waals surface area contributed by atoms with Gasteiger partial charge in [0, 0.05) is 44.3 Å². The summed E-state index contributed by atoms with van der Waals surface area (Å²) in [4.78, 5) is 16.7. The second kappa shape index (κ2) is 6.56. The number of nitrogens with two attached hydrogens (primary N) is 1. The summed E-state index contributed by atoms with van der Waals surface area (Å²) in [6.07, 6.45) is 0.902. The number of nitrogens with zero attached hydrogens (tertiary/aromatic N) is 2. The van der Waals surface area contributed by atoms with Crippen molar-refractivity contribution >= 4 is 5.91 Å². The van der Waals surface area contributed by atoms with Crippen molar-refractivity contribution < 1.29 is 9.53 Å². The summed E-state index contributed by atoms with van der Waals surface area (Å²) in [5.41, 5.74) is 7.84. The van der Waals surface area contributed by atoms with Gasteiger partial charge in [0.25, 0.3) is 5.91 Å². The van der Waals surface area contributed by atoms with E-state index in [1.807, 2.05) is 23.1 Å². The number of hydrogen-bond acceptors (Lipinski definition) is 4. The number of morpholine rings is 1. The minimum absolute atomic E-state index is 0.103. The largest absolute Gasteiger partial charge is 0.379 e. The van der Waals surface area contributed by atoms with E-state index in [1.54, 1.807) is 0 Å². The zero-order valence-corrected chi connectivity index (χ0v) is 12.3. The summed E-state index contributed by atoms with van der Waals surface area (Å²) in [6, 6.07) is 8.10. The first-order chi connectivity index (χ1) is 10.2. The highest BCUT2D eigenvalue weighted by atomic mass is 16.5. The fourth-order valence-electron chi connectivity index (χ4n) is 2.97. The third-order valence-electron chi connectivity index (χ3n) is 4.20. The van der Waals surface area contributed by atoms with E-state index in [0.717, 1.165) is 51.4 Å². The standard InChI is InChI=1S/C16H23N3O2/c17-15-4-5-19(12-15)16(20)14-3-1-2-13(10-14)11-18-6-8-21-9-7-18/h1-3,10,15H,4-9,11-12,17H2/t15-/m1/s1. The highest BCUT2D eigenvalue weighted by molar-refractivity contribution is 5.94. The van der Waals surface area contributed by atoms with Crippen LogP contribution in [-0.2, 0) is 11.3 Å². The van der Waals surface area contributed by atoms with Crippen LogP contribution in [0.2, 0.25) is 0 Å². The third kappa shape index (κ3) is 3.61. The van der Waals surface area contributed by atoms with Gasteiger partial charge in [0.1, 0.15) is 0 Å². The molecule has 5 nitrogen and oxygen atoms in total. The average Bonchev–Trinajstić information content (AvgIpc) is 2.94. The van der Waals surface area contributed by atoms with Crippen molar-refractivity contribution in [2.45, 2.75) is 19.0 Å². The number of rotatable bonds is 3. The van der Waals surface area contributed by atoms with Gasteiger partial charge < -0.3 is 15.4 Å². The van der Waals surface area contributed by atoms with Crippen molar-refractivity contribution in [3.05, 3.63) is 35.4 Å². The molecule has 0 bridgehead atoms. The summed E-state index contributed by atoms with van der Waals surface area (Å²) in [6.45, 7) is 5.83. The molecule has 0 saturated carbocycles. The molecule has 2 N–H and O–H groups in total. The van der Waals surface area contributed by atoms with Crippen LogP contribution in [0.3, 0.4) is 0 Å². The maximum absolute atomic E-state index is 12.5. The van der Waals surface area contributed by atoms with Crippen molar-refractivity contribution in [1.29, 1.82) is 0 Å². The SMILES string of the molecule is N[C@@H]1CCN(C(=O)c2cccc(CN3CCOCC3)c2)C1. The molecule has 0 spiro atoms. The fourth-order valence-corrected chi connectivity index (χ4v) is 2.97. The summed E-state index contributed by atoms with van der Waals surface area (Å²) in [5.74, 6) is 0.103. The number of hydrogen-bond donors (Lipinski definition) is 1. The maximum atomic E-state index is 12.5. The molecule has 114 valence electrons. The van der Waals surface area contributed by atoms with E-state index in [1.165, 1.54) is 5.56 Å². The number of carbonyl (C=O) groups excluding carboxylic acids is 1. The van der Waals surface area contributed by atoms with Crippen LogP contribution in [0.1, 0.15) is 22.3 Å². The zero-order valence-electron chi connectivity index (χ0n) is 12.3. The lowest BCUT2D eigenvalue weighted by molar-refractivity contribution is 0.0341. The molecule has 2 heterocycles. The minimum Gasteiger partial charge on any atom is -0.379 e. The molecule has 2 aliphatic rings. The predicted molar refractivity (Wildman–Crippen MR) is 81.0 cm³/mol. The lowest BCUT2D eigenvalue weighted by Gasteiger charge is -2.26. The first kappa shape index (κ1) is 14.5. The number of ether oxygens (including phenoxy) is 1. The smallest absolute Gasteiger partial charge is 0.253 e. The van der Waals surface area contributed by atoms with E-state index in [-0.39, 0.29) is 11.9 Å². The molecule has 3 rings (SSSR count). The first-order valence-corrected chi connectivity index (χ1v) is 7.66. The minimum atomic E-state index is 0.103. The summed E-state index contributed by atoms with van der Waals surface area (Å²) < 4.78 is 5.36. The second-order valence-electron chi connectivity index (χ2n) is 5.89. The van der Waals surface area contributed by atoms with E-state index in [4.69, 9.17) is 10.5 Å². The quantitative estimate of drug-likeness (QED) is 0.889. The molecule has 5 heteroatoms. The molecular formula is C16H23N3O2. The van der Waals surface area contributed by atoms with Gasteiger partial charge in [-0.25, -0.2) is 0 Å². The van der Waals surface area contributed by atoms with E-state index in [9.17, 15) is 4.79 Å². The molecule has 1 aromatic rings. The van der Waals surface area contributed by atoms with Crippen molar-refractivity contribution in [1.82, 2.24) is 9.80 Å². The van der Waals surface area contributed by atoms with Crippen LogP contribution >= 0.6 is 0 Å². The fraction of sp³-hybridized carbons (Fsp3) is 0.562. The van der Waals surface area contributed by atoms with Gasteiger partial charge in [-0.15, -0.1) is 0 Å². The first-order valence-electron chi connectivity index (χ1n) is 7.66. The van der Waals surface area contributed by atoms with Crippen molar-refractivity contribution in [3.8, 4) is 0 Å². The van der Waals surface area contributed by atoms with Crippen molar-refractivity contribution in [2.24, 2.45) is 5.73 Å². The van der Waals surface area contributed by atoms with Gasteiger partial charge in [0.05, 0.1) is 13.2 Å². The molecule has 0 radical (unpaired) electrons. The summed E-state index contributed by atoms with van der Waals surface area (Å²) in [5, 5.41) is 0. The normalized spacial score (nSPS) is 23.5. The van der Waals surface area contributed by atoms with Crippen LogP contribution in [0.5, 0.6) is 0 Å². The Kier molecular flexibility index (Phi) is 4.53. The van der Waals surface area contributed by atoms with E-state index in [2.05, 4.69) is 11.0 Å². The number of benzene rings is 1. The Bertz CT molecular complexity index is 500. The highest BCUT2D eigenvalue weighted by Crippen LogP contribution is 2.15. The van der Waals surface area contributed by atoms with Crippen LogP contribution in [0.15, 0.2) is 24.3 Å². The lowest BCUT2D eigenvalue weighted by Crippen LogP contribution is -2.35. The Morgan fingerprint density at radius 3 is 2.81 bits per heavy atom. The van der Waals surface area contributed by atoms with Gasteiger partial charge in [-0.2, -0.15) is 0 Å². The van der Waals surface area contributed by atoms with Gasteiger partial charge in [-0.1, -0.05) is 12.1 Å². The van der Waals surface area contributed by atoms with Crippen LogP contribution in [0.25, 0.3) is 0 Å². The molecule has 1 amide bonds. The van der Waals surface area contributed by atoms with Crippen LogP contribution in [0.4, 0.5) is 0 Å². The van der Waals surface area contributed by atoms with Gasteiger partial charge in [-0.05, 0) is 24.1 Å². The zero-order chi connectivity index (χ0) is 14.7. The van der Waals surface area contributed by atoms with Crippen molar-refractivity contribution in [3.63, 3.8) is 0 Å². The predicted octanol–water partition coefficient (Wildman–Crippen LogP) is 0.692.